The van der Waals surface area contributed by atoms with E-state index in [2.05, 4.69) is 20.6 Å². The standard InChI is InChI=1S/C23H20ClN5O5/c1-14-19(15(2)34-28-14)10-32-18-5-3-4-16(8-18)23(31)33-11-22(30)27-20-9-17(24)6-7-21(20)29-13-25-12-26-29/h3-9,12-13H,10-11H2,1-2H3,(H,27,30). The van der Waals surface area contributed by atoms with Crippen molar-refractivity contribution in [1.29, 1.82) is 0 Å². The Morgan fingerprint density at radius 3 is 2.76 bits per heavy atom. The molecule has 0 fully saturated rings. The summed E-state index contributed by atoms with van der Waals surface area (Å²) in [5, 5.41) is 11.0. The number of carbonyl (C=O) groups is 2. The summed E-state index contributed by atoms with van der Waals surface area (Å²) in [5.41, 5.74) is 2.79. The smallest absolute Gasteiger partial charge is 0.338 e. The second-order valence-corrected chi connectivity index (χ2v) is 7.68. The summed E-state index contributed by atoms with van der Waals surface area (Å²) >= 11 is 6.06. The Morgan fingerprint density at radius 1 is 1.18 bits per heavy atom. The highest BCUT2D eigenvalue weighted by Gasteiger charge is 2.15. The first-order chi connectivity index (χ1) is 16.4. The molecule has 1 N–H and O–H groups in total. The van der Waals surface area contributed by atoms with E-state index in [-0.39, 0.29) is 12.2 Å². The number of benzene rings is 2. The van der Waals surface area contributed by atoms with E-state index < -0.39 is 18.5 Å². The minimum absolute atomic E-state index is 0.245. The third-order valence-corrected chi connectivity index (χ3v) is 5.10. The van der Waals surface area contributed by atoms with Gasteiger partial charge in [-0.15, -0.1) is 0 Å². The van der Waals surface area contributed by atoms with Gasteiger partial charge >= 0.3 is 5.97 Å². The second kappa shape index (κ2) is 10.2. The van der Waals surface area contributed by atoms with Crippen molar-refractivity contribution in [1.82, 2.24) is 19.9 Å². The van der Waals surface area contributed by atoms with E-state index in [0.717, 1.165) is 11.3 Å². The molecule has 0 spiro atoms. The van der Waals surface area contributed by atoms with E-state index in [1.807, 2.05) is 6.92 Å². The number of esters is 1. The van der Waals surface area contributed by atoms with Gasteiger partial charge in [-0.3, -0.25) is 4.79 Å². The van der Waals surface area contributed by atoms with Crippen molar-refractivity contribution in [3.63, 3.8) is 0 Å². The van der Waals surface area contributed by atoms with E-state index in [1.165, 1.54) is 23.4 Å². The zero-order valence-corrected chi connectivity index (χ0v) is 19.1. The number of ether oxygens (including phenoxy) is 2. The maximum Gasteiger partial charge on any atom is 0.338 e. The molecule has 0 saturated carbocycles. The number of nitrogens with zero attached hydrogens (tertiary/aromatic N) is 4. The van der Waals surface area contributed by atoms with Crippen LogP contribution in [0.2, 0.25) is 5.02 Å². The SMILES string of the molecule is Cc1noc(C)c1COc1cccc(C(=O)OCC(=O)Nc2cc(Cl)ccc2-n2cncn2)c1. The Hall–Kier alpha value is -4.18. The first-order valence-corrected chi connectivity index (χ1v) is 10.5. The average molecular weight is 482 g/mol. The molecular weight excluding hydrogens is 462 g/mol. The van der Waals surface area contributed by atoms with Gasteiger partial charge in [0.2, 0.25) is 0 Å². The molecule has 0 radical (unpaired) electrons. The highest BCUT2D eigenvalue weighted by molar-refractivity contribution is 6.31. The summed E-state index contributed by atoms with van der Waals surface area (Å²) in [6.45, 7) is 3.38. The molecule has 0 aliphatic rings. The number of aromatic nitrogens is 4. The van der Waals surface area contributed by atoms with Gasteiger partial charge in [0.25, 0.3) is 5.91 Å². The molecule has 0 bridgehead atoms. The normalized spacial score (nSPS) is 10.7. The Bertz CT molecular complexity index is 1300. The second-order valence-electron chi connectivity index (χ2n) is 7.25. The summed E-state index contributed by atoms with van der Waals surface area (Å²) in [6.07, 6.45) is 2.86. The Kier molecular flexibility index (Phi) is 6.88. The average Bonchev–Trinajstić information content (AvgIpc) is 3.46. The van der Waals surface area contributed by atoms with Gasteiger partial charge in [0.05, 0.1) is 28.2 Å². The summed E-state index contributed by atoms with van der Waals surface area (Å²) < 4.78 is 17.5. The summed E-state index contributed by atoms with van der Waals surface area (Å²) in [4.78, 5) is 28.8. The number of carbonyl (C=O) groups excluding carboxylic acids is 2. The highest BCUT2D eigenvalue weighted by Crippen LogP contribution is 2.24. The minimum atomic E-state index is -0.666. The van der Waals surface area contributed by atoms with E-state index in [1.54, 1.807) is 43.3 Å². The molecule has 1 amide bonds. The number of halogens is 1. The Labute approximate surface area is 199 Å². The van der Waals surface area contributed by atoms with Gasteiger partial charge < -0.3 is 19.3 Å². The molecule has 0 saturated heterocycles. The molecule has 34 heavy (non-hydrogen) atoms. The molecule has 0 atom stereocenters. The van der Waals surface area contributed by atoms with Crippen molar-refractivity contribution in [2.45, 2.75) is 20.5 Å². The maximum atomic E-state index is 12.5. The largest absolute Gasteiger partial charge is 0.489 e. The molecule has 0 aliphatic carbocycles. The third-order valence-electron chi connectivity index (χ3n) is 4.87. The fourth-order valence-electron chi connectivity index (χ4n) is 3.12. The number of aryl methyl sites for hydroxylation is 2. The van der Waals surface area contributed by atoms with Crippen LogP contribution in [-0.4, -0.2) is 38.4 Å². The van der Waals surface area contributed by atoms with Crippen molar-refractivity contribution in [3.8, 4) is 11.4 Å². The van der Waals surface area contributed by atoms with Crippen molar-refractivity contribution in [2.75, 3.05) is 11.9 Å². The first-order valence-electron chi connectivity index (χ1n) is 10.2. The molecule has 2 aromatic heterocycles. The molecule has 4 aromatic rings. The molecular formula is C23H20ClN5O5. The molecule has 2 aromatic carbocycles. The van der Waals surface area contributed by atoms with Crippen LogP contribution in [0.25, 0.3) is 5.69 Å². The van der Waals surface area contributed by atoms with Crippen LogP contribution in [-0.2, 0) is 16.1 Å². The number of rotatable bonds is 8. The van der Waals surface area contributed by atoms with Gasteiger partial charge in [-0.25, -0.2) is 14.5 Å². The lowest BCUT2D eigenvalue weighted by atomic mass is 10.2. The summed E-state index contributed by atoms with van der Waals surface area (Å²) in [5.74, 6) is -0.0654. The molecule has 174 valence electrons. The van der Waals surface area contributed by atoms with Crippen LogP contribution in [0.1, 0.15) is 27.4 Å². The van der Waals surface area contributed by atoms with Gasteiger partial charge in [-0.2, -0.15) is 5.10 Å². The molecule has 10 nitrogen and oxygen atoms in total. The lowest BCUT2D eigenvalue weighted by Gasteiger charge is -2.12. The molecule has 0 unspecified atom stereocenters. The van der Waals surface area contributed by atoms with Crippen LogP contribution in [0.4, 0.5) is 5.69 Å². The number of anilines is 1. The van der Waals surface area contributed by atoms with Crippen LogP contribution in [0.3, 0.4) is 0 Å². The van der Waals surface area contributed by atoms with Crippen LogP contribution in [0.15, 0.2) is 59.6 Å². The monoisotopic (exact) mass is 481 g/mol. The lowest BCUT2D eigenvalue weighted by Crippen LogP contribution is -2.21. The van der Waals surface area contributed by atoms with Crippen molar-refractivity contribution in [2.24, 2.45) is 0 Å². The number of nitrogens with one attached hydrogen (secondary N) is 1. The van der Waals surface area contributed by atoms with E-state index in [4.69, 9.17) is 25.6 Å². The lowest BCUT2D eigenvalue weighted by molar-refractivity contribution is -0.119. The first kappa shape index (κ1) is 23.0. The molecule has 0 aliphatic heterocycles. The molecule has 11 heteroatoms. The summed E-state index contributed by atoms with van der Waals surface area (Å²) in [6, 6.07) is 11.4. The van der Waals surface area contributed by atoms with Gasteiger partial charge in [0, 0.05) is 5.02 Å². The van der Waals surface area contributed by atoms with Crippen LogP contribution < -0.4 is 10.1 Å². The quantitative estimate of drug-likeness (QED) is 0.376. The highest BCUT2D eigenvalue weighted by atomic mass is 35.5. The third kappa shape index (κ3) is 5.41. The van der Waals surface area contributed by atoms with Crippen LogP contribution >= 0.6 is 11.6 Å². The van der Waals surface area contributed by atoms with Crippen molar-refractivity contribution in [3.05, 3.63) is 82.7 Å². The fraction of sp³-hybridized carbons (Fsp3) is 0.174. The van der Waals surface area contributed by atoms with E-state index in [0.29, 0.717) is 27.9 Å². The predicted molar refractivity (Wildman–Crippen MR) is 122 cm³/mol. The van der Waals surface area contributed by atoms with Crippen LogP contribution in [0.5, 0.6) is 5.75 Å². The molecule has 4 rings (SSSR count). The van der Waals surface area contributed by atoms with Crippen molar-refractivity contribution < 1.29 is 23.6 Å². The number of hydrogen-bond donors (Lipinski definition) is 1. The number of amides is 1. The topological polar surface area (TPSA) is 121 Å². The predicted octanol–water partition coefficient (Wildman–Crippen LogP) is 3.90. The van der Waals surface area contributed by atoms with Gasteiger partial charge in [0.15, 0.2) is 6.61 Å². The summed E-state index contributed by atoms with van der Waals surface area (Å²) in [7, 11) is 0. The van der Waals surface area contributed by atoms with Gasteiger partial charge in [-0.05, 0) is 50.2 Å². The zero-order chi connectivity index (χ0) is 24.1. The van der Waals surface area contributed by atoms with Crippen LogP contribution in [0, 0.1) is 13.8 Å². The fourth-order valence-corrected chi connectivity index (χ4v) is 3.29. The van der Waals surface area contributed by atoms with Crippen molar-refractivity contribution >= 4 is 29.2 Å². The van der Waals surface area contributed by atoms with E-state index in [9.17, 15) is 9.59 Å². The minimum Gasteiger partial charge on any atom is -0.489 e. The van der Waals surface area contributed by atoms with Gasteiger partial charge in [0.1, 0.15) is 30.8 Å². The van der Waals surface area contributed by atoms with Gasteiger partial charge in [-0.1, -0.05) is 22.8 Å². The Balaban J connectivity index is 1.36. The van der Waals surface area contributed by atoms with E-state index >= 15 is 0 Å². The molecule has 2 heterocycles. The zero-order valence-electron chi connectivity index (χ0n) is 18.3. The Morgan fingerprint density at radius 2 is 2.03 bits per heavy atom. The maximum absolute atomic E-state index is 12.5. The number of hydrogen-bond acceptors (Lipinski definition) is 8.